The molecule has 1 aliphatic heterocycles. The highest BCUT2D eigenvalue weighted by Gasteiger charge is 2.43. The number of aliphatic hydroxyl groups is 2. The zero-order chi connectivity index (χ0) is 22.8. The van der Waals surface area contributed by atoms with Crippen molar-refractivity contribution in [3.8, 4) is 5.75 Å². The van der Waals surface area contributed by atoms with Crippen molar-refractivity contribution >= 4 is 17.8 Å². The molecule has 0 radical (unpaired) electrons. The Morgan fingerprint density at radius 2 is 1.65 bits per heavy atom. The molecule has 4 atom stereocenters. The van der Waals surface area contributed by atoms with E-state index in [1.165, 1.54) is 7.11 Å². The van der Waals surface area contributed by atoms with Crippen LogP contribution in [-0.4, -0.2) is 86.4 Å². The molecule has 1 aromatic rings. The van der Waals surface area contributed by atoms with Crippen LogP contribution < -0.4 is 15.4 Å². The molecule has 1 saturated heterocycles. The van der Waals surface area contributed by atoms with Gasteiger partial charge in [0, 0.05) is 13.1 Å². The molecule has 1 aromatic carbocycles. The van der Waals surface area contributed by atoms with Crippen molar-refractivity contribution in [1.82, 2.24) is 10.6 Å². The summed E-state index contributed by atoms with van der Waals surface area (Å²) in [6.07, 6.45) is -4.50. The average Bonchev–Trinajstić information content (AvgIpc) is 3.04. The lowest BCUT2D eigenvalue weighted by Crippen LogP contribution is -2.41. The highest BCUT2D eigenvalue weighted by molar-refractivity contribution is 5.78. The number of ether oxygens (including phenoxy) is 4. The van der Waals surface area contributed by atoms with Crippen LogP contribution in [0.5, 0.6) is 5.75 Å². The zero-order valence-electron chi connectivity index (χ0n) is 17.4. The number of esters is 1. The number of carbonyl (C=O) groups excluding carboxylic acids is 3. The summed E-state index contributed by atoms with van der Waals surface area (Å²) in [6, 6.07) is 7.19. The fourth-order valence-electron chi connectivity index (χ4n) is 2.91. The summed E-state index contributed by atoms with van der Waals surface area (Å²) in [7, 11) is 2.77. The van der Waals surface area contributed by atoms with Crippen molar-refractivity contribution in [3.05, 3.63) is 29.8 Å². The summed E-state index contributed by atoms with van der Waals surface area (Å²) >= 11 is 0. The van der Waals surface area contributed by atoms with Crippen LogP contribution in [0.25, 0.3) is 0 Å². The second-order valence-corrected chi connectivity index (χ2v) is 6.90. The fraction of sp³-hybridized carbons (Fsp3) is 0.550. The summed E-state index contributed by atoms with van der Waals surface area (Å²) in [4.78, 5) is 34.8. The second kappa shape index (κ2) is 12.2. The van der Waals surface area contributed by atoms with Gasteiger partial charge in [0.05, 0.1) is 26.7 Å². The lowest BCUT2D eigenvalue weighted by molar-refractivity contribution is -0.147. The van der Waals surface area contributed by atoms with Gasteiger partial charge in [-0.3, -0.25) is 9.59 Å². The van der Waals surface area contributed by atoms with Crippen LogP contribution in [0.1, 0.15) is 12.0 Å². The Hall–Kier alpha value is -2.73. The van der Waals surface area contributed by atoms with E-state index in [4.69, 9.17) is 14.2 Å². The van der Waals surface area contributed by atoms with Crippen molar-refractivity contribution in [3.63, 3.8) is 0 Å². The first-order valence-electron chi connectivity index (χ1n) is 9.66. The molecule has 0 saturated carbocycles. The molecule has 0 spiro atoms. The van der Waals surface area contributed by atoms with Crippen LogP contribution in [0.3, 0.4) is 0 Å². The lowest BCUT2D eigenvalue weighted by Gasteiger charge is -2.15. The Kier molecular flexibility index (Phi) is 9.66. The highest BCUT2D eigenvalue weighted by Crippen LogP contribution is 2.23. The van der Waals surface area contributed by atoms with E-state index in [0.717, 1.165) is 5.56 Å². The van der Waals surface area contributed by atoms with E-state index < -0.39 is 36.3 Å². The largest absolute Gasteiger partial charge is 0.497 e. The normalized spacial score (nSPS) is 22.6. The molecule has 31 heavy (non-hydrogen) atoms. The number of nitrogens with one attached hydrogen (secondary N) is 2. The van der Waals surface area contributed by atoms with E-state index in [9.17, 15) is 24.6 Å². The molecule has 0 unspecified atom stereocenters. The Morgan fingerprint density at radius 3 is 2.29 bits per heavy atom. The number of benzene rings is 1. The van der Waals surface area contributed by atoms with Crippen LogP contribution in [0, 0.1) is 0 Å². The molecule has 1 aliphatic rings. The monoisotopic (exact) mass is 440 g/mol. The minimum atomic E-state index is -1.27. The molecule has 0 aromatic heterocycles. The summed E-state index contributed by atoms with van der Waals surface area (Å²) in [5.41, 5.74) is 0.872. The van der Waals surface area contributed by atoms with Crippen molar-refractivity contribution in [2.45, 2.75) is 37.4 Å². The van der Waals surface area contributed by atoms with Crippen LogP contribution >= 0.6 is 0 Å². The summed E-state index contributed by atoms with van der Waals surface area (Å²) in [5, 5.41) is 25.5. The predicted octanol–water partition coefficient (Wildman–Crippen LogP) is -1.50. The topological polar surface area (TPSA) is 153 Å². The highest BCUT2D eigenvalue weighted by atomic mass is 16.6. The van der Waals surface area contributed by atoms with Gasteiger partial charge >= 0.3 is 5.97 Å². The van der Waals surface area contributed by atoms with Gasteiger partial charge in [0.1, 0.15) is 37.3 Å². The first-order valence-corrected chi connectivity index (χ1v) is 9.66. The maximum atomic E-state index is 12.2. The molecular weight excluding hydrogens is 412 g/mol. The first kappa shape index (κ1) is 24.5. The molecule has 2 rings (SSSR count). The number of amides is 2. The molecule has 4 N–H and O–H groups in total. The summed E-state index contributed by atoms with van der Waals surface area (Å²) < 4.78 is 19.9. The van der Waals surface area contributed by atoms with Gasteiger partial charge in [0.15, 0.2) is 0 Å². The number of hydrogen-bond acceptors (Lipinski definition) is 9. The third-order valence-electron chi connectivity index (χ3n) is 4.68. The first-order chi connectivity index (χ1) is 14.8. The van der Waals surface area contributed by atoms with Gasteiger partial charge in [-0.1, -0.05) is 12.1 Å². The number of rotatable bonds is 11. The zero-order valence-corrected chi connectivity index (χ0v) is 17.4. The Morgan fingerprint density at radius 1 is 0.968 bits per heavy atom. The molecule has 11 heteroatoms. The third-order valence-corrected chi connectivity index (χ3v) is 4.68. The van der Waals surface area contributed by atoms with Gasteiger partial charge in [-0.15, -0.1) is 0 Å². The van der Waals surface area contributed by atoms with Gasteiger partial charge in [0.25, 0.3) is 0 Å². The van der Waals surface area contributed by atoms with E-state index in [-0.39, 0.29) is 32.1 Å². The number of hydrogen-bond donors (Lipinski definition) is 4. The van der Waals surface area contributed by atoms with Gasteiger partial charge in [0.2, 0.25) is 11.8 Å². The standard InChI is InChI=1S/C20H28N2O9/c1-28-13-5-3-12(4-6-13)8-21-16(23)7-14-19(26)20(27)15(31-14)9-22-17(24)10-30-11-18(25)29-2/h3-6,14-15,19-20,26-27H,7-11H2,1-2H3,(H,21,23)(H,22,24)/t14-,15-,19-,20-/m1/s1. The van der Waals surface area contributed by atoms with E-state index in [2.05, 4.69) is 15.4 Å². The smallest absolute Gasteiger partial charge is 0.331 e. The molecule has 172 valence electrons. The Balaban J connectivity index is 1.72. The molecule has 0 bridgehead atoms. The van der Waals surface area contributed by atoms with Crippen molar-refractivity contribution in [1.29, 1.82) is 0 Å². The van der Waals surface area contributed by atoms with Gasteiger partial charge < -0.3 is 39.8 Å². The van der Waals surface area contributed by atoms with E-state index >= 15 is 0 Å². The van der Waals surface area contributed by atoms with Gasteiger partial charge in [-0.2, -0.15) is 0 Å². The van der Waals surface area contributed by atoms with Gasteiger partial charge in [-0.05, 0) is 17.7 Å². The van der Waals surface area contributed by atoms with E-state index in [1.54, 1.807) is 19.2 Å². The number of carbonyl (C=O) groups is 3. The lowest BCUT2D eigenvalue weighted by atomic mass is 10.1. The molecule has 1 heterocycles. The predicted molar refractivity (Wildman–Crippen MR) is 106 cm³/mol. The summed E-state index contributed by atoms with van der Waals surface area (Å²) in [5.74, 6) is -0.791. The number of methoxy groups -OCH3 is 2. The van der Waals surface area contributed by atoms with E-state index in [0.29, 0.717) is 12.3 Å². The maximum Gasteiger partial charge on any atom is 0.331 e. The molecular formula is C20H28N2O9. The van der Waals surface area contributed by atoms with Gasteiger partial charge in [-0.25, -0.2) is 4.79 Å². The van der Waals surface area contributed by atoms with Crippen LogP contribution in [-0.2, 0) is 35.1 Å². The maximum absolute atomic E-state index is 12.2. The van der Waals surface area contributed by atoms with Crippen molar-refractivity contribution in [2.24, 2.45) is 0 Å². The average molecular weight is 440 g/mol. The summed E-state index contributed by atoms with van der Waals surface area (Å²) in [6.45, 7) is -0.543. The quantitative estimate of drug-likeness (QED) is 0.301. The number of aliphatic hydroxyl groups excluding tert-OH is 2. The van der Waals surface area contributed by atoms with Crippen LogP contribution in [0.4, 0.5) is 0 Å². The SMILES string of the molecule is COC(=O)COCC(=O)NC[C@H]1O[C@H](CC(=O)NCc2ccc(OC)cc2)[C@@H](O)[C@@H]1O. The van der Waals surface area contributed by atoms with Crippen LogP contribution in [0.15, 0.2) is 24.3 Å². The van der Waals surface area contributed by atoms with Crippen LogP contribution in [0.2, 0.25) is 0 Å². The minimum Gasteiger partial charge on any atom is -0.497 e. The second-order valence-electron chi connectivity index (χ2n) is 6.90. The molecule has 2 amide bonds. The Bertz CT molecular complexity index is 741. The van der Waals surface area contributed by atoms with E-state index in [1.807, 2.05) is 12.1 Å². The Labute approximate surface area is 179 Å². The van der Waals surface area contributed by atoms with Crippen molar-refractivity contribution < 1.29 is 43.5 Å². The van der Waals surface area contributed by atoms with Crippen molar-refractivity contribution in [2.75, 3.05) is 34.0 Å². The minimum absolute atomic E-state index is 0.0946. The fourth-order valence-corrected chi connectivity index (χ4v) is 2.91. The molecule has 0 aliphatic carbocycles. The molecule has 11 nitrogen and oxygen atoms in total. The molecule has 1 fully saturated rings. The third kappa shape index (κ3) is 7.79.